The van der Waals surface area contributed by atoms with Crippen LogP contribution in [0.4, 0.5) is 0 Å². The third kappa shape index (κ3) is 3.01. The van der Waals surface area contributed by atoms with Crippen LogP contribution in [0.1, 0.15) is 40.4 Å². The topological polar surface area (TPSA) is 26.3 Å². The van der Waals surface area contributed by atoms with Crippen LogP contribution >= 0.6 is 23.2 Å². The van der Waals surface area contributed by atoms with E-state index in [1.165, 1.54) is 18.2 Å². The van der Waals surface area contributed by atoms with Crippen molar-refractivity contribution in [2.75, 3.05) is 7.11 Å². The molecule has 23 heavy (non-hydrogen) atoms. The third-order valence-electron chi connectivity index (χ3n) is 4.20. The molecular formula is C19H16Cl2O2. The van der Waals surface area contributed by atoms with Crippen molar-refractivity contribution in [2.24, 2.45) is 0 Å². The van der Waals surface area contributed by atoms with Crippen LogP contribution in [0.3, 0.4) is 0 Å². The summed E-state index contributed by atoms with van der Waals surface area (Å²) in [6, 6.07) is 11.2. The largest absolute Gasteiger partial charge is 0.465 e. The Morgan fingerprint density at radius 2 is 1.83 bits per heavy atom. The molecule has 0 amide bonds. The Balaban J connectivity index is 2.20. The van der Waals surface area contributed by atoms with Crippen molar-refractivity contribution < 1.29 is 9.53 Å². The van der Waals surface area contributed by atoms with Gasteiger partial charge in [-0.25, -0.2) is 4.79 Å². The summed E-state index contributed by atoms with van der Waals surface area (Å²) < 4.78 is 4.84. The predicted molar refractivity (Wildman–Crippen MR) is 94.3 cm³/mol. The van der Waals surface area contributed by atoms with Crippen LogP contribution in [0, 0.1) is 0 Å². The van der Waals surface area contributed by atoms with E-state index in [1.807, 2.05) is 30.3 Å². The van der Waals surface area contributed by atoms with Crippen LogP contribution < -0.4 is 0 Å². The zero-order chi connectivity index (χ0) is 16.6. The van der Waals surface area contributed by atoms with Gasteiger partial charge in [-0.3, -0.25) is 0 Å². The Labute approximate surface area is 145 Å². The van der Waals surface area contributed by atoms with E-state index in [4.69, 9.17) is 27.9 Å². The van der Waals surface area contributed by atoms with Gasteiger partial charge in [-0.1, -0.05) is 40.9 Å². The zero-order valence-corrected chi connectivity index (χ0v) is 14.5. The molecule has 0 heterocycles. The highest BCUT2D eigenvalue weighted by Gasteiger charge is 2.21. The average Bonchev–Trinajstić information content (AvgIpc) is 2.54. The molecule has 1 aliphatic carbocycles. The number of fused-ring (bicyclic) bond motifs is 1. The number of carbonyl (C=O) groups is 1. The van der Waals surface area contributed by atoms with E-state index in [9.17, 15) is 4.79 Å². The Morgan fingerprint density at radius 1 is 1.04 bits per heavy atom. The standard InChI is InChI=1S/C19H16Cl2O2/c1-11-3-4-12-5-6-13(19(22)23-2)9-16(12)18(11)15-8-7-14(20)10-17(15)21/h5-10H,3-4H2,1-2H3. The van der Waals surface area contributed by atoms with Gasteiger partial charge in [0.25, 0.3) is 0 Å². The molecule has 0 saturated carbocycles. The van der Waals surface area contributed by atoms with Gasteiger partial charge in [0, 0.05) is 15.6 Å². The maximum Gasteiger partial charge on any atom is 0.337 e. The first-order valence-corrected chi connectivity index (χ1v) is 8.13. The summed E-state index contributed by atoms with van der Waals surface area (Å²) in [6.07, 6.45) is 1.93. The lowest BCUT2D eigenvalue weighted by Crippen LogP contribution is -2.08. The number of allylic oxidation sites excluding steroid dienone is 1. The minimum absolute atomic E-state index is 0.336. The van der Waals surface area contributed by atoms with Crippen LogP contribution in [0.15, 0.2) is 42.0 Å². The molecule has 0 aromatic heterocycles. The van der Waals surface area contributed by atoms with Crippen LogP contribution in [0.5, 0.6) is 0 Å². The summed E-state index contributed by atoms with van der Waals surface area (Å²) in [6.45, 7) is 2.11. The number of hydrogen-bond donors (Lipinski definition) is 0. The Kier molecular flexibility index (Phi) is 4.47. The maximum absolute atomic E-state index is 11.9. The molecule has 0 spiro atoms. The van der Waals surface area contributed by atoms with E-state index in [0.717, 1.165) is 29.5 Å². The molecule has 0 N–H and O–H groups in total. The second-order valence-corrected chi connectivity index (χ2v) is 6.49. The van der Waals surface area contributed by atoms with E-state index < -0.39 is 0 Å². The highest BCUT2D eigenvalue weighted by Crippen LogP contribution is 2.39. The number of carbonyl (C=O) groups excluding carboxylic acids is 1. The first kappa shape index (κ1) is 16.1. The Bertz CT molecular complexity index is 822. The molecule has 4 heteroatoms. The number of rotatable bonds is 2. The summed E-state index contributed by atoms with van der Waals surface area (Å²) in [5.74, 6) is -0.336. The van der Waals surface area contributed by atoms with E-state index in [-0.39, 0.29) is 5.97 Å². The van der Waals surface area contributed by atoms with Crippen LogP contribution in [0.25, 0.3) is 5.57 Å². The fourth-order valence-electron chi connectivity index (χ4n) is 3.02. The SMILES string of the molecule is COC(=O)c1ccc2c(c1)C(c1ccc(Cl)cc1Cl)=C(C)CC2. The first-order chi connectivity index (χ1) is 11.0. The lowest BCUT2D eigenvalue weighted by atomic mass is 9.82. The molecule has 0 saturated heterocycles. The van der Waals surface area contributed by atoms with Crippen LogP contribution in [0.2, 0.25) is 10.0 Å². The van der Waals surface area contributed by atoms with Gasteiger partial charge in [-0.2, -0.15) is 0 Å². The fourth-order valence-corrected chi connectivity index (χ4v) is 3.52. The summed E-state index contributed by atoms with van der Waals surface area (Å²) in [4.78, 5) is 11.9. The number of halogens is 2. The number of methoxy groups -OCH3 is 1. The summed E-state index contributed by atoms with van der Waals surface area (Å²) in [5.41, 5.74) is 6.08. The van der Waals surface area contributed by atoms with Gasteiger partial charge in [0.05, 0.1) is 12.7 Å². The van der Waals surface area contributed by atoms with Crippen LogP contribution in [-0.4, -0.2) is 13.1 Å². The number of hydrogen-bond acceptors (Lipinski definition) is 2. The van der Waals surface area contributed by atoms with E-state index in [1.54, 1.807) is 6.07 Å². The van der Waals surface area contributed by atoms with Gasteiger partial charge in [0.1, 0.15) is 0 Å². The molecule has 0 aliphatic heterocycles. The second kappa shape index (κ2) is 6.38. The Hall–Kier alpha value is -1.77. The molecule has 0 fully saturated rings. The van der Waals surface area contributed by atoms with Gasteiger partial charge < -0.3 is 4.74 Å². The molecule has 2 aromatic carbocycles. The molecular weight excluding hydrogens is 331 g/mol. The smallest absolute Gasteiger partial charge is 0.337 e. The molecule has 0 unspecified atom stereocenters. The molecule has 2 nitrogen and oxygen atoms in total. The van der Waals surface area contributed by atoms with Crippen molar-refractivity contribution in [3.63, 3.8) is 0 Å². The number of ether oxygens (including phenoxy) is 1. The minimum Gasteiger partial charge on any atom is -0.465 e. The van der Waals surface area contributed by atoms with Crippen molar-refractivity contribution in [3.8, 4) is 0 Å². The molecule has 3 rings (SSSR count). The third-order valence-corrected chi connectivity index (χ3v) is 4.74. The first-order valence-electron chi connectivity index (χ1n) is 7.38. The monoisotopic (exact) mass is 346 g/mol. The summed E-state index contributed by atoms with van der Waals surface area (Å²) in [7, 11) is 1.39. The maximum atomic E-state index is 11.9. The van der Waals surface area contributed by atoms with Gasteiger partial charge in [-0.05, 0) is 60.7 Å². The predicted octanol–water partition coefficient (Wildman–Crippen LogP) is 5.55. The van der Waals surface area contributed by atoms with E-state index in [2.05, 4.69) is 6.92 Å². The number of benzene rings is 2. The quantitative estimate of drug-likeness (QED) is 0.666. The van der Waals surface area contributed by atoms with E-state index in [0.29, 0.717) is 15.6 Å². The van der Waals surface area contributed by atoms with Crippen LogP contribution in [-0.2, 0) is 11.2 Å². The minimum atomic E-state index is -0.336. The fraction of sp³-hybridized carbons (Fsp3) is 0.211. The van der Waals surface area contributed by atoms with Gasteiger partial charge in [-0.15, -0.1) is 0 Å². The van der Waals surface area contributed by atoms with Crippen molar-refractivity contribution in [3.05, 3.63) is 74.3 Å². The van der Waals surface area contributed by atoms with Crippen molar-refractivity contribution in [2.45, 2.75) is 19.8 Å². The molecule has 0 atom stereocenters. The highest BCUT2D eigenvalue weighted by molar-refractivity contribution is 6.36. The van der Waals surface area contributed by atoms with E-state index >= 15 is 0 Å². The Morgan fingerprint density at radius 3 is 2.52 bits per heavy atom. The van der Waals surface area contributed by atoms with Crippen molar-refractivity contribution >= 4 is 34.7 Å². The van der Waals surface area contributed by atoms with Crippen molar-refractivity contribution in [1.29, 1.82) is 0 Å². The lowest BCUT2D eigenvalue weighted by Gasteiger charge is -2.23. The van der Waals surface area contributed by atoms with Gasteiger partial charge >= 0.3 is 5.97 Å². The molecule has 118 valence electrons. The average molecular weight is 347 g/mol. The molecule has 0 radical (unpaired) electrons. The molecule has 1 aliphatic rings. The highest BCUT2D eigenvalue weighted by atomic mass is 35.5. The second-order valence-electron chi connectivity index (χ2n) is 5.64. The number of esters is 1. The normalized spacial score (nSPS) is 13.7. The molecule has 0 bridgehead atoms. The number of aryl methyl sites for hydroxylation is 1. The van der Waals surface area contributed by atoms with Gasteiger partial charge in [0.15, 0.2) is 0 Å². The van der Waals surface area contributed by atoms with Gasteiger partial charge in [0.2, 0.25) is 0 Å². The summed E-state index contributed by atoms with van der Waals surface area (Å²) in [5, 5.41) is 1.22. The zero-order valence-electron chi connectivity index (χ0n) is 13.0. The lowest BCUT2D eigenvalue weighted by molar-refractivity contribution is 0.0600. The van der Waals surface area contributed by atoms with Crippen molar-refractivity contribution in [1.82, 2.24) is 0 Å². The molecule has 2 aromatic rings. The summed E-state index contributed by atoms with van der Waals surface area (Å²) >= 11 is 12.4.